The normalized spacial score (nSPS) is 11.9. The van der Waals surface area contributed by atoms with E-state index < -0.39 is 22.5 Å². The molecule has 11 nitrogen and oxygen atoms in total. The predicted octanol–water partition coefficient (Wildman–Crippen LogP) is 4.92. The SMILES string of the molecule is COc1ccc(S(=O)(=O)N(CC(=O)N/N=C\c2ccc(OCC(=O)N[C@@H](C)c3ccccc3)cc2)c2cc(C)cc(C)c2)cc1OC. The number of anilines is 1. The van der Waals surface area contributed by atoms with E-state index in [9.17, 15) is 18.0 Å². The molecule has 0 bridgehead atoms. The van der Waals surface area contributed by atoms with E-state index in [1.807, 2.05) is 57.2 Å². The average Bonchev–Trinajstić information content (AvgIpc) is 3.06. The Morgan fingerprint density at radius 2 is 1.51 bits per heavy atom. The van der Waals surface area contributed by atoms with Gasteiger partial charge in [-0.1, -0.05) is 36.4 Å². The molecule has 1 atom stereocenters. The van der Waals surface area contributed by atoms with Crippen LogP contribution in [0.25, 0.3) is 0 Å². The van der Waals surface area contributed by atoms with Crippen LogP contribution in [0.4, 0.5) is 5.69 Å². The summed E-state index contributed by atoms with van der Waals surface area (Å²) >= 11 is 0. The third-order valence-corrected chi connectivity index (χ3v) is 8.82. The number of nitrogens with zero attached hydrogens (tertiary/aromatic N) is 2. The summed E-state index contributed by atoms with van der Waals surface area (Å²) < 4.78 is 44.9. The first-order valence-corrected chi connectivity index (χ1v) is 16.2. The van der Waals surface area contributed by atoms with Crippen molar-refractivity contribution < 1.29 is 32.2 Å². The van der Waals surface area contributed by atoms with E-state index in [2.05, 4.69) is 15.8 Å². The minimum atomic E-state index is -4.21. The minimum absolute atomic E-state index is 0.0730. The number of amides is 2. The van der Waals surface area contributed by atoms with Gasteiger partial charge in [0.2, 0.25) is 0 Å². The number of carbonyl (C=O) groups is 2. The Hall–Kier alpha value is -5.36. The first-order chi connectivity index (χ1) is 22.5. The number of carbonyl (C=O) groups excluding carboxylic acids is 2. The summed E-state index contributed by atoms with van der Waals surface area (Å²) in [7, 11) is -1.35. The van der Waals surface area contributed by atoms with E-state index >= 15 is 0 Å². The molecule has 2 amide bonds. The van der Waals surface area contributed by atoms with Gasteiger partial charge in [0.25, 0.3) is 21.8 Å². The van der Waals surface area contributed by atoms with Gasteiger partial charge in [-0.2, -0.15) is 5.10 Å². The Bertz CT molecular complexity index is 1810. The first-order valence-electron chi connectivity index (χ1n) is 14.7. The third kappa shape index (κ3) is 9.33. The van der Waals surface area contributed by atoms with Crippen molar-refractivity contribution in [1.29, 1.82) is 0 Å². The lowest BCUT2D eigenvalue weighted by molar-refractivity contribution is -0.123. The van der Waals surface area contributed by atoms with Crippen molar-refractivity contribution in [3.63, 3.8) is 0 Å². The Morgan fingerprint density at radius 3 is 2.15 bits per heavy atom. The van der Waals surface area contributed by atoms with E-state index in [0.717, 1.165) is 21.0 Å². The lowest BCUT2D eigenvalue weighted by Gasteiger charge is -2.25. The highest BCUT2D eigenvalue weighted by Crippen LogP contribution is 2.32. The zero-order valence-electron chi connectivity index (χ0n) is 26.9. The highest BCUT2D eigenvalue weighted by molar-refractivity contribution is 7.92. The number of sulfonamides is 1. The van der Waals surface area contributed by atoms with E-state index in [4.69, 9.17) is 14.2 Å². The zero-order chi connectivity index (χ0) is 34.0. The predicted molar refractivity (Wildman–Crippen MR) is 181 cm³/mol. The standard InChI is InChI=1S/C35H38N4O7S/c1-24-17-25(2)19-29(18-24)39(47(42,43)31-15-16-32(44-4)33(20-31)45-5)22-34(40)38-36-21-27-11-13-30(14-12-27)46-23-35(41)37-26(3)28-9-7-6-8-10-28/h6-21,26H,22-23H2,1-5H3,(H,37,41)(H,38,40)/b36-21-/t26-/m0/s1. The molecule has 0 aliphatic carbocycles. The monoisotopic (exact) mass is 658 g/mol. The molecule has 246 valence electrons. The third-order valence-electron chi connectivity index (χ3n) is 7.05. The van der Waals surface area contributed by atoms with Gasteiger partial charge in [-0.15, -0.1) is 0 Å². The fourth-order valence-electron chi connectivity index (χ4n) is 4.77. The van der Waals surface area contributed by atoms with Gasteiger partial charge in [0.1, 0.15) is 12.3 Å². The summed E-state index contributed by atoms with van der Waals surface area (Å²) in [5.74, 6) is 0.186. The molecule has 0 saturated heterocycles. The summed E-state index contributed by atoms with van der Waals surface area (Å²) in [4.78, 5) is 25.3. The maximum absolute atomic E-state index is 13.9. The van der Waals surface area contributed by atoms with Gasteiger partial charge in [0.15, 0.2) is 18.1 Å². The van der Waals surface area contributed by atoms with Crippen LogP contribution < -0.4 is 29.3 Å². The molecule has 0 saturated carbocycles. The maximum atomic E-state index is 13.9. The van der Waals surface area contributed by atoms with Crippen molar-refractivity contribution in [3.05, 3.63) is 113 Å². The highest BCUT2D eigenvalue weighted by atomic mass is 32.2. The molecule has 4 aromatic rings. The van der Waals surface area contributed by atoms with Crippen LogP contribution >= 0.6 is 0 Å². The summed E-state index contributed by atoms with van der Waals surface area (Å²) in [6.07, 6.45) is 1.42. The van der Waals surface area contributed by atoms with Crippen molar-refractivity contribution >= 4 is 33.7 Å². The molecule has 0 aliphatic heterocycles. The second-order valence-electron chi connectivity index (χ2n) is 10.7. The number of rotatable bonds is 14. The minimum Gasteiger partial charge on any atom is -0.493 e. The van der Waals surface area contributed by atoms with Crippen molar-refractivity contribution in [1.82, 2.24) is 10.7 Å². The number of ether oxygens (including phenoxy) is 3. The van der Waals surface area contributed by atoms with Gasteiger partial charge in [-0.3, -0.25) is 13.9 Å². The van der Waals surface area contributed by atoms with Gasteiger partial charge < -0.3 is 19.5 Å². The van der Waals surface area contributed by atoms with Crippen LogP contribution in [0.3, 0.4) is 0 Å². The molecule has 0 aromatic heterocycles. The van der Waals surface area contributed by atoms with Crippen molar-refractivity contribution in [2.24, 2.45) is 5.10 Å². The van der Waals surface area contributed by atoms with Crippen molar-refractivity contribution in [2.45, 2.75) is 31.7 Å². The number of benzene rings is 4. The van der Waals surface area contributed by atoms with Gasteiger partial charge in [0, 0.05) is 6.07 Å². The molecule has 4 rings (SSSR count). The van der Waals surface area contributed by atoms with Crippen LogP contribution in [0.2, 0.25) is 0 Å². The average molecular weight is 659 g/mol. The van der Waals surface area contributed by atoms with E-state index in [0.29, 0.717) is 22.7 Å². The van der Waals surface area contributed by atoms with Crippen LogP contribution in [0.1, 0.15) is 35.2 Å². The van der Waals surface area contributed by atoms with Crippen LogP contribution in [-0.4, -0.2) is 53.8 Å². The highest BCUT2D eigenvalue weighted by Gasteiger charge is 2.28. The van der Waals surface area contributed by atoms with Crippen LogP contribution in [0.15, 0.2) is 101 Å². The second kappa shape index (κ2) is 15.8. The smallest absolute Gasteiger partial charge is 0.264 e. The lowest BCUT2D eigenvalue weighted by atomic mass is 10.1. The molecule has 12 heteroatoms. The number of aryl methyl sites for hydroxylation is 2. The molecule has 4 aromatic carbocycles. The first kappa shape index (κ1) is 34.5. The van der Waals surface area contributed by atoms with Crippen molar-refractivity contribution in [3.8, 4) is 17.2 Å². The molecule has 0 unspecified atom stereocenters. The Labute approximate surface area is 275 Å². The number of hydrazone groups is 1. The number of hydrogen-bond acceptors (Lipinski definition) is 8. The number of hydrogen-bond donors (Lipinski definition) is 2. The van der Waals surface area contributed by atoms with E-state index in [1.165, 1.54) is 38.6 Å². The molecule has 0 heterocycles. The molecular formula is C35H38N4O7S. The Morgan fingerprint density at radius 1 is 0.851 bits per heavy atom. The molecular weight excluding hydrogens is 620 g/mol. The molecule has 47 heavy (non-hydrogen) atoms. The summed E-state index contributed by atoms with van der Waals surface area (Å²) in [5.41, 5.74) is 6.04. The fourth-order valence-corrected chi connectivity index (χ4v) is 6.19. The maximum Gasteiger partial charge on any atom is 0.264 e. The second-order valence-corrected chi connectivity index (χ2v) is 12.6. The molecule has 0 fully saturated rings. The Kier molecular flexibility index (Phi) is 11.6. The van der Waals surface area contributed by atoms with Crippen LogP contribution in [-0.2, 0) is 19.6 Å². The van der Waals surface area contributed by atoms with E-state index in [1.54, 1.807) is 36.4 Å². The largest absolute Gasteiger partial charge is 0.493 e. The number of methoxy groups -OCH3 is 2. The fraction of sp³-hybridized carbons (Fsp3) is 0.229. The molecule has 0 aliphatic rings. The van der Waals surface area contributed by atoms with Crippen LogP contribution in [0, 0.1) is 13.8 Å². The quantitative estimate of drug-likeness (QED) is 0.145. The molecule has 0 radical (unpaired) electrons. The Balaban J connectivity index is 1.39. The summed E-state index contributed by atoms with van der Waals surface area (Å²) in [5, 5.41) is 6.90. The lowest BCUT2D eigenvalue weighted by Crippen LogP contribution is -2.39. The number of nitrogens with one attached hydrogen (secondary N) is 2. The van der Waals surface area contributed by atoms with Gasteiger partial charge in [-0.25, -0.2) is 13.8 Å². The van der Waals surface area contributed by atoms with Gasteiger partial charge in [-0.05, 0) is 91.6 Å². The molecule has 0 spiro atoms. The summed E-state index contributed by atoms with van der Waals surface area (Å²) in [6.45, 7) is 4.91. The molecule has 2 N–H and O–H groups in total. The topological polar surface area (TPSA) is 136 Å². The van der Waals surface area contributed by atoms with Crippen LogP contribution in [0.5, 0.6) is 17.2 Å². The zero-order valence-corrected chi connectivity index (χ0v) is 27.7. The van der Waals surface area contributed by atoms with Gasteiger partial charge >= 0.3 is 0 Å². The van der Waals surface area contributed by atoms with Crippen molar-refractivity contribution in [2.75, 3.05) is 31.7 Å². The van der Waals surface area contributed by atoms with Gasteiger partial charge in [0.05, 0.1) is 37.1 Å². The summed E-state index contributed by atoms with van der Waals surface area (Å²) in [6, 6.07) is 25.8. The van der Waals surface area contributed by atoms with E-state index in [-0.39, 0.29) is 29.2 Å².